The van der Waals surface area contributed by atoms with Crippen molar-refractivity contribution in [1.29, 1.82) is 0 Å². The zero-order valence-corrected chi connectivity index (χ0v) is 9.96. The zero-order chi connectivity index (χ0) is 12.4. The van der Waals surface area contributed by atoms with Gasteiger partial charge in [-0.05, 0) is 25.1 Å². The van der Waals surface area contributed by atoms with Crippen LogP contribution in [0.25, 0.3) is 11.1 Å². The van der Waals surface area contributed by atoms with Crippen LogP contribution in [0.5, 0.6) is 0 Å². The second kappa shape index (κ2) is 4.68. The lowest BCUT2D eigenvalue weighted by atomic mass is 10.0. The first-order valence-electron chi connectivity index (χ1n) is 5.13. The highest BCUT2D eigenvalue weighted by atomic mass is 35.5. The molecule has 0 spiro atoms. The average Bonchev–Trinajstić information content (AvgIpc) is 2.32. The Labute approximate surface area is 104 Å². The van der Waals surface area contributed by atoms with Gasteiger partial charge in [-0.2, -0.15) is 0 Å². The monoisotopic (exact) mass is 248 g/mol. The van der Waals surface area contributed by atoms with Crippen LogP contribution in [0.3, 0.4) is 0 Å². The van der Waals surface area contributed by atoms with Crippen LogP contribution in [0.2, 0.25) is 5.02 Å². The van der Waals surface area contributed by atoms with E-state index in [0.717, 1.165) is 5.56 Å². The first-order chi connectivity index (χ1) is 8.11. The summed E-state index contributed by atoms with van der Waals surface area (Å²) in [6, 6.07) is 9.66. The summed E-state index contributed by atoms with van der Waals surface area (Å²) in [7, 11) is 0. The maximum Gasteiger partial charge on any atom is 0.150 e. The summed E-state index contributed by atoms with van der Waals surface area (Å²) < 4.78 is 13.7. The highest BCUT2D eigenvalue weighted by molar-refractivity contribution is 6.33. The highest BCUT2D eigenvalue weighted by Gasteiger charge is 2.09. The third kappa shape index (κ3) is 2.37. The van der Waals surface area contributed by atoms with E-state index in [4.69, 9.17) is 11.6 Å². The van der Waals surface area contributed by atoms with E-state index < -0.39 is 0 Å². The highest BCUT2D eigenvalue weighted by Crippen LogP contribution is 2.31. The molecule has 2 aromatic carbocycles. The Kier molecular flexibility index (Phi) is 3.25. The first kappa shape index (κ1) is 11.8. The molecule has 0 bridgehead atoms. The molecule has 0 aliphatic heterocycles. The molecule has 0 aromatic heterocycles. The number of carbonyl (C=O) groups excluding carboxylic acids is 1. The maximum atomic E-state index is 13.7. The molecule has 17 heavy (non-hydrogen) atoms. The molecular weight excluding hydrogens is 239 g/mol. The third-order valence-corrected chi connectivity index (χ3v) is 2.85. The van der Waals surface area contributed by atoms with Crippen molar-refractivity contribution in [3.8, 4) is 11.1 Å². The summed E-state index contributed by atoms with van der Waals surface area (Å²) >= 11 is 6.04. The van der Waals surface area contributed by atoms with Crippen molar-refractivity contribution >= 4 is 17.9 Å². The van der Waals surface area contributed by atoms with Gasteiger partial charge < -0.3 is 0 Å². The van der Waals surface area contributed by atoms with E-state index in [1.807, 2.05) is 6.92 Å². The molecule has 2 aromatic rings. The Hall–Kier alpha value is -1.67. The van der Waals surface area contributed by atoms with Crippen LogP contribution in [0.1, 0.15) is 15.9 Å². The van der Waals surface area contributed by atoms with Gasteiger partial charge in [-0.15, -0.1) is 0 Å². The fourth-order valence-corrected chi connectivity index (χ4v) is 1.96. The van der Waals surface area contributed by atoms with E-state index in [2.05, 4.69) is 0 Å². The van der Waals surface area contributed by atoms with E-state index in [0.29, 0.717) is 28.0 Å². The number of hydrogen-bond donors (Lipinski definition) is 0. The standard InChI is InChI=1S/C14H10ClFO/c1-9-2-5-14(16)12(6-9)11-4-3-10(8-17)7-13(11)15/h2-8H,1H3. The molecule has 0 saturated heterocycles. The summed E-state index contributed by atoms with van der Waals surface area (Å²) in [6.45, 7) is 1.89. The van der Waals surface area contributed by atoms with Crippen molar-refractivity contribution < 1.29 is 9.18 Å². The van der Waals surface area contributed by atoms with Crippen LogP contribution in [0.4, 0.5) is 4.39 Å². The molecule has 0 radical (unpaired) electrons. The Balaban J connectivity index is 2.60. The lowest BCUT2D eigenvalue weighted by molar-refractivity contribution is 0.112. The molecule has 0 fully saturated rings. The van der Waals surface area contributed by atoms with Crippen LogP contribution in [-0.4, -0.2) is 6.29 Å². The van der Waals surface area contributed by atoms with Gasteiger partial charge in [0.15, 0.2) is 0 Å². The molecular formula is C14H10ClFO. The van der Waals surface area contributed by atoms with Gasteiger partial charge in [0.05, 0.1) is 0 Å². The number of hydrogen-bond acceptors (Lipinski definition) is 1. The van der Waals surface area contributed by atoms with Gasteiger partial charge in [0.25, 0.3) is 0 Å². The van der Waals surface area contributed by atoms with Gasteiger partial charge in [-0.25, -0.2) is 4.39 Å². The van der Waals surface area contributed by atoms with Gasteiger partial charge in [-0.1, -0.05) is 35.4 Å². The van der Waals surface area contributed by atoms with Gasteiger partial charge in [0.1, 0.15) is 12.1 Å². The Morgan fingerprint density at radius 2 is 1.88 bits per heavy atom. The lowest BCUT2D eigenvalue weighted by Gasteiger charge is -2.07. The van der Waals surface area contributed by atoms with Crippen LogP contribution in [0, 0.1) is 12.7 Å². The number of carbonyl (C=O) groups is 1. The molecule has 2 rings (SSSR count). The van der Waals surface area contributed by atoms with E-state index in [1.54, 1.807) is 24.3 Å². The van der Waals surface area contributed by atoms with Crippen molar-refractivity contribution in [3.63, 3.8) is 0 Å². The summed E-state index contributed by atoms with van der Waals surface area (Å²) in [5, 5.41) is 0.374. The molecule has 3 heteroatoms. The molecule has 0 saturated carbocycles. The van der Waals surface area contributed by atoms with Crippen molar-refractivity contribution in [1.82, 2.24) is 0 Å². The predicted octanol–water partition coefficient (Wildman–Crippen LogP) is 4.27. The van der Waals surface area contributed by atoms with Gasteiger partial charge in [-0.3, -0.25) is 4.79 Å². The number of rotatable bonds is 2. The molecule has 0 amide bonds. The molecule has 86 valence electrons. The molecule has 0 aliphatic rings. The summed E-state index contributed by atoms with van der Waals surface area (Å²) in [6.07, 6.45) is 0.711. The third-order valence-electron chi connectivity index (χ3n) is 2.54. The van der Waals surface area contributed by atoms with Gasteiger partial charge >= 0.3 is 0 Å². The number of aryl methyl sites for hydroxylation is 1. The Morgan fingerprint density at radius 1 is 1.12 bits per heavy atom. The predicted molar refractivity (Wildman–Crippen MR) is 67.0 cm³/mol. The zero-order valence-electron chi connectivity index (χ0n) is 9.21. The minimum absolute atomic E-state index is 0.323. The van der Waals surface area contributed by atoms with E-state index >= 15 is 0 Å². The largest absolute Gasteiger partial charge is 0.298 e. The molecule has 0 heterocycles. The molecule has 1 nitrogen and oxygen atoms in total. The second-order valence-corrected chi connectivity index (χ2v) is 4.25. The van der Waals surface area contributed by atoms with Crippen molar-refractivity contribution in [2.45, 2.75) is 6.92 Å². The quantitative estimate of drug-likeness (QED) is 0.726. The Bertz CT molecular complexity index is 578. The first-order valence-corrected chi connectivity index (χ1v) is 5.51. The van der Waals surface area contributed by atoms with Gasteiger partial charge in [0.2, 0.25) is 0 Å². The topological polar surface area (TPSA) is 17.1 Å². The number of halogens is 2. The average molecular weight is 249 g/mol. The summed E-state index contributed by atoms with van der Waals surface area (Å²) in [4.78, 5) is 10.6. The van der Waals surface area contributed by atoms with Crippen LogP contribution in [-0.2, 0) is 0 Å². The summed E-state index contributed by atoms with van der Waals surface area (Å²) in [5.41, 5.74) is 2.48. The number of aldehydes is 1. The molecule has 0 atom stereocenters. The second-order valence-electron chi connectivity index (χ2n) is 3.84. The van der Waals surface area contributed by atoms with E-state index in [1.165, 1.54) is 12.1 Å². The van der Waals surface area contributed by atoms with Crippen molar-refractivity contribution in [2.24, 2.45) is 0 Å². The fourth-order valence-electron chi connectivity index (χ4n) is 1.67. The van der Waals surface area contributed by atoms with E-state index in [9.17, 15) is 9.18 Å². The minimum Gasteiger partial charge on any atom is -0.298 e. The fraction of sp³-hybridized carbons (Fsp3) is 0.0714. The molecule has 0 unspecified atom stereocenters. The normalized spacial score (nSPS) is 10.3. The Morgan fingerprint density at radius 3 is 2.53 bits per heavy atom. The lowest BCUT2D eigenvalue weighted by Crippen LogP contribution is -1.88. The maximum absolute atomic E-state index is 13.7. The molecule has 0 aliphatic carbocycles. The van der Waals surface area contributed by atoms with Crippen LogP contribution in [0.15, 0.2) is 36.4 Å². The SMILES string of the molecule is Cc1ccc(F)c(-c2ccc(C=O)cc2Cl)c1. The van der Waals surface area contributed by atoms with Gasteiger partial charge in [0, 0.05) is 21.7 Å². The van der Waals surface area contributed by atoms with E-state index in [-0.39, 0.29) is 5.82 Å². The van der Waals surface area contributed by atoms with Crippen LogP contribution < -0.4 is 0 Å². The molecule has 0 N–H and O–H groups in total. The summed E-state index contributed by atoms with van der Waals surface area (Å²) in [5.74, 6) is -0.323. The van der Waals surface area contributed by atoms with Crippen molar-refractivity contribution in [2.75, 3.05) is 0 Å². The minimum atomic E-state index is -0.323. The number of benzene rings is 2. The van der Waals surface area contributed by atoms with Crippen LogP contribution >= 0.6 is 11.6 Å². The smallest absolute Gasteiger partial charge is 0.150 e. The van der Waals surface area contributed by atoms with Crippen molar-refractivity contribution in [3.05, 3.63) is 58.4 Å².